The van der Waals surface area contributed by atoms with E-state index in [1.807, 2.05) is 6.08 Å². The predicted molar refractivity (Wildman–Crippen MR) is 62.7 cm³/mol. The van der Waals surface area contributed by atoms with E-state index in [1.54, 1.807) is 5.54 Å². The van der Waals surface area contributed by atoms with Crippen molar-refractivity contribution in [2.24, 2.45) is 0 Å². The molecule has 0 radical (unpaired) electrons. The van der Waals surface area contributed by atoms with Crippen LogP contribution in [0.4, 0.5) is 0 Å². The second-order valence-corrected chi connectivity index (χ2v) is 4.28. The molecular formula is C11H21ClN2. The van der Waals surface area contributed by atoms with E-state index < -0.39 is 0 Å². The molecule has 2 nitrogen and oxygen atoms in total. The van der Waals surface area contributed by atoms with Gasteiger partial charge in [-0.1, -0.05) is 24.1 Å². The van der Waals surface area contributed by atoms with Crippen molar-refractivity contribution in [3.63, 3.8) is 0 Å². The molecule has 0 bridgehead atoms. The van der Waals surface area contributed by atoms with Crippen molar-refractivity contribution < 1.29 is 0 Å². The Kier molecular flexibility index (Phi) is 6.24. The van der Waals surface area contributed by atoms with Crippen molar-refractivity contribution in [1.29, 1.82) is 0 Å². The Balaban J connectivity index is 2.08. The van der Waals surface area contributed by atoms with Crippen LogP contribution in [0.25, 0.3) is 0 Å². The minimum absolute atomic E-state index is 0.556. The molecule has 1 aliphatic heterocycles. The molecule has 0 spiro atoms. The summed E-state index contributed by atoms with van der Waals surface area (Å²) in [4.78, 5) is 2.55. The average molecular weight is 217 g/mol. The Morgan fingerprint density at radius 1 is 1.36 bits per heavy atom. The molecule has 1 rings (SSSR count). The largest absolute Gasteiger partial charge is 0.309 e. The normalized spacial score (nSPS) is 21.6. The fraction of sp³-hybridized carbons (Fsp3) is 0.818. The zero-order chi connectivity index (χ0) is 10.2. The molecule has 0 aliphatic carbocycles. The molecule has 1 saturated heterocycles. The van der Waals surface area contributed by atoms with Gasteiger partial charge in [-0.2, -0.15) is 0 Å². The van der Waals surface area contributed by atoms with E-state index in [0.717, 1.165) is 13.1 Å². The third-order valence-electron chi connectivity index (χ3n) is 2.65. The first kappa shape index (κ1) is 12.0. The molecule has 0 aromatic rings. The minimum atomic E-state index is 0.556. The van der Waals surface area contributed by atoms with Crippen LogP contribution in [-0.4, -0.2) is 37.1 Å². The zero-order valence-corrected chi connectivity index (χ0v) is 9.76. The second-order valence-electron chi connectivity index (χ2n) is 4.03. The minimum Gasteiger partial charge on any atom is -0.309 e. The maximum Gasteiger partial charge on any atom is 0.0169 e. The van der Waals surface area contributed by atoms with Gasteiger partial charge in [0, 0.05) is 24.7 Å². The lowest BCUT2D eigenvalue weighted by Crippen LogP contribution is -2.41. The molecule has 1 fully saturated rings. The van der Waals surface area contributed by atoms with E-state index in [2.05, 4.69) is 17.1 Å². The van der Waals surface area contributed by atoms with Crippen molar-refractivity contribution >= 4 is 11.6 Å². The summed E-state index contributed by atoms with van der Waals surface area (Å²) in [5, 5.41) is 3.42. The van der Waals surface area contributed by atoms with Gasteiger partial charge in [0.15, 0.2) is 0 Å². The summed E-state index contributed by atoms with van der Waals surface area (Å²) in [6.07, 6.45) is 6.09. The third kappa shape index (κ3) is 4.99. The highest BCUT2D eigenvalue weighted by atomic mass is 35.5. The van der Waals surface area contributed by atoms with Gasteiger partial charge < -0.3 is 10.2 Å². The molecule has 1 atom stereocenters. The Labute approximate surface area is 92.3 Å². The number of nitrogens with zero attached hydrogens (tertiary/aromatic N) is 1. The van der Waals surface area contributed by atoms with Crippen molar-refractivity contribution in [1.82, 2.24) is 10.2 Å². The van der Waals surface area contributed by atoms with Crippen LogP contribution in [-0.2, 0) is 0 Å². The maximum atomic E-state index is 5.45. The number of hydrogen-bond donors (Lipinski definition) is 1. The molecule has 82 valence electrons. The topological polar surface area (TPSA) is 15.3 Å². The average Bonchev–Trinajstić information content (AvgIpc) is 2.20. The molecule has 14 heavy (non-hydrogen) atoms. The van der Waals surface area contributed by atoms with Crippen molar-refractivity contribution in [3.8, 4) is 0 Å². The Morgan fingerprint density at radius 2 is 2.07 bits per heavy atom. The van der Waals surface area contributed by atoms with Crippen LogP contribution < -0.4 is 5.32 Å². The first-order valence-electron chi connectivity index (χ1n) is 5.54. The molecule has 1 aliphatic rings. The molecule has 1 N–H and O–H groups in total. The lowest BCUT2D eigenvalue weighted by molar-refractivity contribution is 0.210. The molecule has 1 unspecified atom stereocenters. The summed E-state index contributed by atoms with van der Waals surface area (Å²) in [5.74, 6) is 0. The number of rotatable bonds is 5. The van der Waals surface area contributed by atoms with E-state index in [-0.39, 0.29) is 0 Å². The summed E-state index contributed by atoms with van der Waals surface area (Å²) in [5.41, 5.74) is 1.57. The number of likely N-dealkylation sites (tertiary alicyclic amines) is 1. The van der Waals surface area contributed by atoms with Gasteiger partial charge in [0.2, 0.25) is 0 Å². The van der Waals surface area contributed by atoms with Gasteiger partial charge in [-0.3, -0.25) is 0 Å². The highest BCUT2D eigenvalue weighted by Crippen LogP contribution is 2.08. The van der Waals surface area contributed by atoms with Gasteiger partial charge in [-0.25, -0.2) is 0 Å². The molecular weight excluding hydrogens is 196 g/mol. The van der Waals surface area contributed by atoms with E-state index in [0.29, 0.717) is 6.04 Å². The molecule has 0 saturated carbocycles. The summed E-state index contributed by atoms with van der Waals surface area (Å²) >= 11 is 5.45. The number of halogens is 1. The smallest absolute Gasteiger partial charge is 0.0169 e. The number of hydrogen-bond acceptors (Lipinski definition) is 2. The van der Waals surface area contributed by atoms with Crippen molar-refractivity contribution in [2.45, 2.75) is 32.2 Å². The lowest BCUT2D eigenvalue weighted by atomic mass is 10.1. The van der Waals surface area contributed by atoms with Crippen molar-refractivity contribution in [3.05, 3.63) is 11.6 Å². The standard InChI is InChI=1S/C11H21ClN2/c1-11(13-7-5-6-12)10-14-8-3-2-4-9-14/h5-6,11,13H,2-4,7-10H2,1H3/b6-5+. The van der Waals surface area contributed by atoms with Crippen molar-refractivity contribution in [2.75, 3.05) is 26.2 Å². The van der Waals surface area contributed by atoms with Gasteiger partial charge >= 0.3 is 0 Å². The lowest BCUT2D eigenvalue weighted by Gasteiger charge is -2.29. The van der Waals surface area contributed by atoms with E-state index >= 15 is 0 Å². The summed E-state index contributed by atoms with van der Waals surface area (Å²) in [7, 11) is 0. The first-order valence-corrected chi connectivity index (χ1v) is 5.97. The maximum absolute atomic E-state index is 5.45. The fourth-order valence-corrected chi connectivity index (χ4v) is 2.00. The van der Waals surface area contributed by atoms with Crippen LogP contribution in [0.3, 0.4) is 0 Å². The first-order chi connectivity index (χ1) is 6.83. The van der Waals surface area contributed by atoms with Gasteiger partial charge in [0.05, 0.1) is 0 Å². The molecule has 0 amide bonds. The highest BCUT2D eigenvalue weighted by Gasteiger charge is 2.12. The van der Waals surface area contributed by atoms with Gasteiger partial charge in [0.1, 0.15) is 0 Å². The van der Waals surface area contributed by atoms with E-state index in [9.17, 15) is 0 Å². The molecule has 3 heteroatoms. The SMILES string of the molecule is CC(CN1CCCCC1)NC/C=C/Cl. The molecule has 1 heterocycles. The number of nitrogens with one attached hydrogen (secondary N) is 1. The number of piperidine rings is 1. The predicted octanol–water partition coefficient (Wildman–Crippen LogP) is 2.20. The Morgan fingerprint density at radius 3 is 2.71 bits per heavy atom. The van der Waals surface area contributed by atoms with Gasteiger partial charge in [-0.05, 0) is 32.9 Å². The van der Waals surface area contributed by atoms with E-state index in [4.69, 9.17) is 11.6 Å². The summed E-state index contributed by atoms with van der Waals surface area (Å²) in [6.45, 7) is 6.82. The molecule has 0 aromatic carbocycles. The monoisotopic (exact) mass is 216 g/mol. The van der Waals surface area contributed by atoms with Gasteiger partial charge in [0.25, 0.3) is 0 Å². The third-order valence-corrected chi connectivity index (χ3v) is 2.83. The second kappa shape index (κ2) is 7.27. The Hall–Kier alpha value is -0.0500. The van der Waals surface area contributed by atoms with Crippen LogP contribution >= 0.6 is 11.6 Å². The summed E-state index contributed by atoms with van der Waals surface area (Å²) < 4.78 is 0. The van der Waals surface area contributed by atoms with Crippen LogP contribution in [0.1, 0.15) is 26.2 Å². The molecule has 0 aromatic heterocycles. The highest BCUT2D eigenvalue weighted by molar-refractivity contribution is 6.25. The van der Waals surface area contributed by atoms with Crippen LogP contribution in [0, 0.1) is 0 Å². The zero-order valence-electron chi connectivity index (χ0n) is 9.01. The van der Waals surface area contributed by atoms with Crippen LogP contribution in [0.2, 0.25) is 0 Å². The fourth-order valence-electron chi connectivity index (χ4n) is 1.91. The van der Waals surface area contributed by atoms with Crippen LogP contribution in [0.15, 0.2) is 11.6 Å². The van der Waals surface area contributed by atoms with Crippen LogP contribution in [0.5, 0.6) is 0 Å². The van der Waals surface area contributed by atoms with E-state index in [1.165, 1.54) is 32.4 Å². The quantitative estimate of drug-likeness (QED) is 0.758. The Bertz CT molecular complexity index is 165. The van der Waals surface area contributed by atoms with Gasteiger partial charge in [-0.15, -0.1) is 0 Å². The summed E-state index contributed by atoms with van der Waals surface area (Å²) in [6, 6.07) is 0.556.